The summed E-state index contributed by atoms with van der Waals surface area (Å²) >= 11 is 0. The van der Waals surface area contributed by atoms with Gasteiger partial charge in [-0.2, -0.15) is 0 Å². The van der Waals surface area contributed by atoms with Crippen molar-refractivity contribution < 1.29 is 8.42 Å². The third-order valence-electron chi connectivity index (χ3n) is 2.36. The van der Waals surface area contributed by atoms with E-state index in [1.54, 1.807) is 0 Å². The maximum absolute atomic E-state index is 10.9. The second-order valence-corrected chi connectivity index (χ2v) is 5.87. The van der Waals surface area contributed by atoms with E-state index in [0.717, 1.165) is 32.4 Å². The molecule has 0 unspecified atom stereocenters. The number of halogens is 1. The van der Waals surface area contributed by atoms with E-state index in [1.165, 1.54) is 6.26 Å². The van der Waals surface area contributed by atoms with E-state index >= 15 is 0 Å². The van der Waals surface area contributed by atoms with Gasteiger partial charge in [0.1, 0.15) is 9.84 Å². The van der Waals surface area contributed by atoms with Gasteiger partial charge in [-0.15, -0.1) is 12.4 Å². The Morgan fingerprint density at radius 3 is 2.31 bits per heavy atom. The van der Waals surface area contributed by atoms with E-state index in [2.05, 4.69) is 5.32 Å². The highest BCUT2D eigenvalue weighted by atomic mass is 35.5. The minimum atomic E-state index is -2.74. The molecule has 1 saturated heterocycles. The van der Waals surface area contributed by atoms with Crippen LogP contribution in [0.3, 0.4) is 0 Å². The van der Waals surface area contributed by atoms with Gasteiger partial charge in [0.25, 0.3) is 0 Å². The zero-order valence-corrected chi connectivity index (χ0v) is 9.59. The van der Waals surface area contributed by atoms with Gasteiger partial charge in [-0.3, -0.25) is 0 Å². The van der Waals surface area contributed by atoms with Crippen molar-refractivity contribution in [2.75, 3.05) is 25.1 Å². The van der Waals surface area contributed by atoms with Crippen LogP contribution in [0.4, 0.5) is 0 Å². The lowest BCUT2D eigenvalue weighted by Gasteiger charge is -2.21. The number of hydrogen-bond donors (Lipinski definition) is 1. The number of piperidine rings is 1. The smallest absolute Gasteiger partial charge is 0.147 e. The Bertz CT molecular complexity index is 222. The summed E-state index contributed by atoms with van der Waals surface area (Å²) in [6.07, 6.45) is 4.43. The van der Waals surface area contributed by atoms with Crippen LogP contribution in [0.15, 0.2) is 0 Å². The molecule has 0 atom stereocenters. The van der Waals surface area contributed by atoms with Gasteiger partial charge in [0.2, 0.25) is 0 Å². The summed E-state index contributed by atoms with van der Waals surface area (Å²) in [4.78, 5) is 0. The van der Waals surface area contributed by atoms with Crippen molar-refractivity contribution in [3.63, 3.8) is 0 Å². The maximum atomic E-state index is 10.9. The molecule has 80 valence electrons. The van der Waals surface area contributed by atoms with Crippen LogP contribution in [-0.4, -0.2) is 33.5 Å². The third kappa shape index (κ3) is 6.29. The molecule has 1 aliphatic rings. The molecule has 1 rings (SSSR count). The van der Waals surface area contributed by atoms with E-state index in [-0.39, 0.29) is 12.4 Å². The van der Waals surface area contributed by atoms with Crippen molar-refractivity contribution in [2.24, 2.45) is 5.92 Å². The molecule has 0 aromatic rings. The fourth-order valence-corrected chi connectivity index (χ4v) is 2.31. The molecule has 0 amide bonds. The van der Waals surface area contributed by atoms with Crippen LogP contribution in [0.5, 0.6) is 0 Å². The van der Waals surface area contributed by atoms with E-state index in [4.69, 9.17) is 0 Å². The highest BCUT2D eigenvalue weighted by molar-refractivity contribution is 7.90. The standard InChI is InChI=1S/C8H17NO2S.ClH/c1-12(10,11)7-4-8-2-5-9-6-3-8;/h8-9H,2-7H2,1H3;1H. The van der Waals surface area contributed by atoms with Gasteiger partial charge in [0.05, 0.1) is 5.75 Å². The normalized spacial score (nSPS) is 19.5. The summed E-state index contributed by atoms with van der Waals surface area (Å²) in [6.45, 7) is 2.10. The molecule has 5 heteroatoms. The quantitative estimate of drug-likeness (QED) is 0.778. The minimum Gasteiger partial charge on any atom is -0.317 e. The molecule has 1 aliphatic heterocycles. The number of nitrogens with one attached hydrogen (secondary N) is 1. The van der Waals surface area contributed by atoms with Gasteiger partial charge >= 0.3 is 0 Å². The molecule has 0 saturated carbocycles. The molecule has 1 heterocycles. The molecule has 1 fully saturated rings. The molecule has 3 nitrogen and oxygen atoms in total. The maximum Gasteiger partial charge on any atom is 0.147 e. The molecule has 0 bridgehead atoms. The average Bonchev–Trinajstić information content (AvgIpc) is 2.02. The summed E-state index contributed by atoms with van der Waals surface area (Å²) in [5.41, 5.74) is 0. The van der Waals surface area contributed by atoms with Crippen LogP contribution in [0.1, 0.15) is 19.3 Å². The van der Waals surface area contributed by atoms with Crippen molar-refractivity contribution in [3.8, 4) is 0 Å². The first-order valence-electron chi connectivity index (χ1n) is 4.46. The number of hydrogen-bond acceptors (Lipinski definition) is 3. The van der Waals surface area contributed by atoms with E-state index in [1.807, 2.05) is 0 Å². The number of rotatable bonds is 3. The molecular formula is C8H18ClNO2S. The minimum absolute atomic E-state index is 0. The second-order valence-electron chi connectivity index (χ2n) is 3.61. The Kier molecular flexibility index (Phi) is 5.92. The van der Waals surface area contributed by atoms with Crippen LogP contribution in [0.2, 0.25) is 0 Å². The van der Waals surface area contributed by atoms with Crippen LogP contribution < -0.4 is 5.32 Å². The SMILES string of the molecule is CS(=O)(=O)CCC1CCNCC1.Cl. The fraction of sp³-hybridized carbons (Fsp3) is 1.00. The lowest BCUT2D eigenvalue weighted by molar-refractivity contribution is 0.365. The predicted molar refractivity (Wildman–Crippen MR) is 57.2 cm³/mol. The Hall–Kier alpha value is 0.200. The third-order valence-corrected chi connectivity index (χ3v) is 3.33. The van der Waals surface area contributed by atoms with Crippen molar-refractivity contribution >= 4 is 22.2 Å². The zero-order chi connectivity index (χ0) is 9.03. The molecule has 0 radical (unpaired) electrons. The van der Waals surface area contributed by atoms with Gasteiger partial charge < -0.3 is 5.32 Å². The predicted octanol–water partition coefficient (Wildman–Crippen LogP) is 0.843. The first-order chi connectivity index (χ1) is 5.58. The van der Waals surface area contributed by atoms with E-state index < -0.39 is 9.84 Å². The van der Waals surface area contributed by atoms with Crippen LogP contribution in [-0.2, 0) is 9.84 Å². The van der Waals surface area contributed by atoms with Crippen molar-refractivity contribution in [2.45, 2.75) is 19.3 Å². The van der Waals surface area contributed by atoms with Crippen LogP contribution in [0, 0.1) is 5.92 Å². The molecule has 0 aliphatic carbocycles. The Labute approximate surface area is 86.6 Å². The summed E-state index contributed by atoms with van der Waals surface area (Å²) in [7, 11) is -2.74. The number of sulfone groups is 1. The summed E-state index contributed by atoms with van der Waals surface area (Å²) in [5.74, 6) is 0.985. The lowest BCUT2D eigenvalue weighted by atomic mass is 9.96. The van der Waals surface area contributed by atoms with E-state index in [0.29, 0.717) is 11.7 Å². The molecule has 0 aromatic carbocycles. The van der Waals surface area contributed by atoms with E-state index in [9.17, 15) is 8.42 Å². The Balaban J connectivity index is 0.00000144. The van der Waals surface area contributed by atoms with Gasteiger partial charge in [-0.1, -0.05) is 0 Å². The topological polar surface area (TPSA) is 46.2 Å². The zero-order valence-electron chi connectivity index (χ0n) is 7.95. The molecule has 0 aromatic heterocycles. The molecule has 1 N–H and O–H groups in total. The first-order valence-corrected chi connectivity index (χ1v) is 6.52. The summed E-state index contributed by atoms with van der Waals surface area (Å²) < 4.78 is 21.7. The average molecular weight is 228 g/mol. The summed E-state index contributed by atoms with van der Waals surface area (Å²) in [6, 6.07) is 0. The van der Waals surface area contributed by atoms with Crippen LogP contribution in [0.25, 0.3) is 0 Å². The van der Waals surface area contributed by atoms with Crippen molar-refractivity contribution in [1.82, 2.24) is 5.32 Å². The monoisotopic (exact) mass is 227 g/mol. The molecule has 13 heavy (non-hydrogen) atoms. The lowest BCUT2D eigenvalue weighted by Crippen LogP contribution is -2.28. The van der Waals surface area contributed by atoms with Gasteiger partial charge in [0, 0.05) is 6.26 Å². The summed E-state index contributed by atoms with van der Waals surface area (Å²) in [5, 5.41) is 3.26. The van der Waals surface area contributed by atoms with Gasteiger partial charge in [-0.05, 0) is 38.3 Å². The molecular weight excluding hydrogens is 210 g/mol. The van der Waals surface area contributed by atoms with Gasteiger partial charge in [-0.25, -0.2) is 8.42 Å². The van der Waals surface area contributed by atoms with Crippen LogP contribution >= 0.6 is 12.4 Å². The first kappa shape index (κ1) is 13.2. The largest absolute Gasteiger partial charge is 0.317 e. The second kappa shape index (κ2) is 5.83. The fourth-order valence-electron chi connectivity index (χ4n) is 1.55. The van der Waals surface area contributed by atoms with Gasteiger partial charge in [0.15, 0.2) is 0 Å². The van der Waals surface area contributed by atoms with Crippen molar-refractivity contribution in [3.05, 3.63) is 0 Å². The Morgan fingerprint density at radius 2 is 1.85 bits per heavy atom. The highest BCUT2D eigenvalue weighted by Gasteiger charge is 2.14. The molecule has 0 spiro atoms. The van der Waals surface area contributed by atoms with Crippen molar-refractivity contribution in [1.29, 1.82) is 0 Å². The highest BCUT2D eigenvalue weighted by Crippen LogP contribution is 2.16. The Morgan fingerprint density at radius 1 is 1.31 bits per heavy atom.